The third-order valence-electron chi connectivity index (χ3n) is 6.31. The van der Waals surface area contributed by atoms with Crippen molar-refractivity contribution in [1.82, 2.24) is 16.0 Å². The van der Waals surface area contributed by atoms with Gasteiger partial charge in [0.1, 0.15) is 5.82 Å². The second kappa shape index (κ2) is 9.74. The van der Waals surface area contributed by atoms with Gasteiger partial charge < -0.3 is 16.0 Å². The van der Waals surface area contributed by atoms with Crippen molar-refractivity contribution in [3.8, 4) is 0 Å². The minimum atomic E-state index is 0.696. The SMILES string of the molecule is [SiH3]C(NC1CCCCC1)=C(NC1CCCCC1)NC1CCCCC1. The van der Waals surface area contributed by atoms with Crippen molar-refractivity contribution >= 4 is 10.2 Å². The molecule has 0 unspecified atom stereocenters. The molecule has 3 N–H and O–H groups in total. The lowest BCUT2D eigenvalue weighted by atomic mass is 9.94. The third-order valence-corrected chi connectivity index (χ3v) is 7.10. The van der Waals surface area contributed by atoms with Gasteiger partial charge in [0.05, 0.1) is 10.2 Å². The third kappa shape index (κ3) is 5.71. The van der Waals surface area contributed by atoms with E-state index in [0.29, 0.717) is 12.1 Å². The predicted octanol–water partition coefficient (Wildman–Crippen LogP) is 3.25. The molecule has 0 aromatic heterocycles. The molecule has 0 saturated heterocycles. The molecule has 0 aromatic carbocycles. The van der Waals surface area contributed by atoms with E-state index in [-0.39, 0.29) is 0 Å². The van der Waals surface area contributed by atoms with Crippen molar-refractivity contribution in [2.24, 2.45) is 0 Å². The van der Waals surface area contributed by atoms with Crippen LogP contribution in [0.25, 0.3) is 0 Å². The van der Waals surface area contributed by atoms with E-state index < -0.39 is 0 Å². The zero-order chi connectivity index (χ0) is 16.6. The molecule has 4 heteroatoms. The molecule has 3 saturated carbocycles. The van der Waals surface area contributed by atoms with Crippen LogP contribution in [0.3, 0.4) is 0 Å². The van der Waals surface area contributed by atoms with Gasteiger partial charge in [-0.25, -0.2) is 0 Å². The van der Waals surface area contributed by atoms with Crippen LogP contribution in [0.15, 0.2) is 11.1 Å². The minimum Gasteiger partial charge on any atom is -0.387 e. The standard InChI is InChI=1S/C20H39N3Si/c24-20(23-18-14-8-3-9-15-18)19(21-16-10-4-1-5-11-16)22-17-12-6-2-7-13-17/h16-18,21-23H,1-15H2,24H3. The van der Waals surface area contributed by atoms with Crippen LogP contribution in [0.1, 0.15) is 96.3 Å². The summed E-state index contributed by atoms with van der Waals surface area (Å²) >= 11 is 0. The second-order valence-corrected chi connectivity index (χ2v) is 9.44. The Bertz CT molecular complexity index is 370. The van der Waals surface area contributed by atoms with Crippen LogP contribution >= 0.6 is 0 Å². The maximum atomic E-state index is 3.93. The minimum absolute atomic E-state index is 0.696. The summed E-state index contributed by atoms with van der Waals surface area (Å²) in [6.45, 7) is 0. The van der Waals surface area contributed by atoms with Gasteiger partial charge in [0.2, 0.25) is 0 Å². The topological polar surface area (TPSA) is 36.1 Å². The summed E-state index contributed by atoms with van der Waals surface area (Å²) in [5.41, 5.74) is 0. The Hall–Kier alpha value is -0.643. The Balaban J connectivity index is 1.62. The number of hydrogen-bond acceptors (Lipinski definition) is 3. The zero-order valence-corrected chi connectivity index (χ0v) is 17.8. The molecule has 0 amide bonds. The Morgan fingerprint density at radius 1 is 0.500 bits per heavy atom. The lowest BCUT2D eigenvalue weighted by molar-refractivity contribution is 0.349. The fourth-order valence-corrected chi connectivity index (χ4v) is 5.48. The number of rotatable bonds is 6. The fraction of sp³-hybridized carbons (Fsp3) is 0.900. The van der Waals surface area contributed by atoms with E-state index in [0.717, 1.165) is 16.3 Å². The lowest BCUT2D eigenvalue weighted by Gasteiger charge is -2.33. The smallest absolute Gasteiger partial charge is 0.113 e. The van der Waals surface area contributed by atoms with Gasteiger partial charge in [-0.2, -0.15) is 0 Å². The Morgan fingerprint density at radius 2 is 0.833 bits per heavy atom. The Labute approximate surface area is 152 Å². The number of hydrogen-bond donors (Lipinski definition) is 3. The van der Waals surface area contributed by atoms with E-state index in [1.807, 2.05) is 0 Å². The van der Waals surface area contributed by atoms with E-state index in [9.17, 15) is 0 Å². The maximum Gasteiger partial charge on any atom is 0.113 e. The van der Waals surface area contributed by atoms with Crippen molar-refractivity contribution in [1.29, 1.82) is 0 Å². The summed E-state index contributed by atoms with van der Waals surface area (Å²) in [7, 11) is 1.11. The Kier molecular flexibility index (Phi) is 7.37. The van der Waals surface area contributed by atoms with Crippen LogP contribution in [0.4, 0.5) is 0 Å². The molecule has 3 fully saturated rings. The average molecular weight is 350 g/mol. The number of nitrogens with one attached hydrogen (secondary N) is 3. The van der Waals surface area contributed by atoms with Gasteiger partial charge in [0.15, 0.2) is 0 Å². The van der Waals surface area contributed by atoms with Crippen molar-refractivity contribution in [2.75, 3.05) is 0 Å². The quantitative estimate of drug-likeness (QED) is 0.644. The molecule has 0 atom stereocenters. The molecule has 3 aliphatic carbocycles. The molecule has 0 aromatic rings. The van der Waals surface area contributed by atoms with E-state index >= 15 is 0 Å². The van der Waals surface area contributed by atoms with Crippen LogP contribution < -0.4 is 16.0 Å². The van der Waals surface area contributed by atoms with Gasteiger partial charge in [0.25, 0.3) is 0 Å². The van der Waals surface area contributed by atoms with E-state index in [2.05, 4.69) is 16.0 Å². The first-order valence-corrected chi connectivity index (χ1v) is 11.8. The highest BCUT2D eigenvalue weighted by molar-refractivity contribution is 6.21. The highest BCUT2D eigenvalue weighted by Crippen LogP contribution is 2.22. The van der Waals surface area contributed by atoms with Crippen LogP contribution in [0.2, 0.25) is 0 Å². The van der Waals surface area contributed by atoms with Crippen LogP contribution in [-0.2, 0) is 0 Å². The summed E-state index contributed by atoms with van der Waals surface area (Å²) in [5, 5.41) is 13.3. The molecule has 0 bridgehead atoms. The van der Waals surface area contributed by atoms with Gasteiger partial charge in [0, 0.05) is 23.4 Å². The predicted molar refractivity (Wildman–Crippen MR) is 107 cm³/mol. The van der Waals surface area contributed by atoms with Gasteiger partial charge in [-0.3, -0.25) is 0 Å². The highest BCUT2D eigenvalue weighted by atomic mass is 28.1. The molecule has 3 nitrogen and oxygen atoms in total. The van der Waals surface area contributed by atoms with Crippen molar-refractivity contribution in [3.05, 3.63) is 11.1 Å². The van der Waals surface area contributed by atoms with Gasteiger partial charge in [-0.1, -0.05) is 57.8 Å². The van der Waals surface area contributed by atoms with Crippen molar-refractivity contribution < 1.29 is 0 Å². The average Bonchev–Trinajstić information content (AvgIpc) is 2.64. The van der Waals surface area contributed by atoms with Crippen LogP contribution in [0.5, 0.6) is 0 Å². The first-order chi connectivity index (χ1) is 11.8. The molecule has 24 heavy (non-hydrogen) atoms. The fourth-order valence-electron chi connectivity index (χ4n) is 4.79. The van der Waals surface area contributed by atoms with Gasteiger partial charge >= 0.3 is 0 Å². The zero-order valence-electron chi connectivity index (χ0n) is 15.8. The summed E-state index contributed by atoms with van der Waals surface area (Å²) in [5.74, 6) is 1.38. The molecule has 138 valence electrons. The van der Waals surface area contributed by atoms with E-state index in [4.69, 9.17) is 0 Å². The van der Waals surface area contributed by atoms with Crippen LogP contribution in [-0.4, -0.2) is 28.4 Å². The second-order valence-electron chi connectivity index (χ2n) is 8.44. The molecular weight excluding hydrogens is 310 g/mol. The monoisotopic (exact) mass is 349 g/mol. The summed E-state index contributed by atoms with van der Waals surface area (Å²) in [6.07, 6.45) is 20.9. The van der Waals surface area contributed by atoms with Crippen molar-refractivity contribution in [2.45, 2.75) is 114 Å². The Morgan fingerprint density at radius 3 is 1.21 bits per heavy atom. The summed E-state index contributed by atoms with van der Waals surface area (Å²) in [6, 6.07) is 2.12. The van der Waals surface area contributed by atoms with Gasteiger partial charge in [-0.15, -0.1) is 0 Å². The summed E-state index contributed by atoms with van der Waals surface area (Å²) in [4.78, 5) is 0. The highest BCUT2D eigenvalue weighted by Gasteiger charge is 2.20. The molecule has 0 aliphatic heterocycles. The lowest BCUT2D eigenvalue weighted by Crippen LogP contribution is -2.44. The maximum absolute atomic E-state index is 3.93. The molecular formula is C20H39N3Si. The molecule has 0 radical (unpaired) electrons. The van der Waals surface area contributed by atoms with Crippen LogP contribution in [0, 0.1) is 0 Å². The van der Waals surface area contributed by atoms with Gasteiger partial charge in [-0.05, 0) is 38.5 Å². The first-order valence-electron chi connectivity index (χ1n) is 10.8. The molecule has 0 heterocycles. The first kappa shape index (κ1) is 18.2. The summed E-state index contributed by atoms with van der Waals surface area (Å²) < 4.78 is 0. The van der Waals surface area contributed by atoms with Crippen molar-refractivity contribution in [3.63, 3.8) is 0 Å². The molecule has 3 rings (SSSR count). The van der Waals surface area contributed by atoms with E-state index in [1.54, 1.807) is 0 Å². The normalized spacial score (nSPS) is 24.5. The largest absolute Gasteiger partial charge is 0.387 e. The molecule has 0 spiro atoms. The molecule has 3 aliphatic rings. The van der Waals surface area contributed by atoms with E-state index in [1.165, 1.54) is 107 Å².